The van der Waals surface area contributed by atoms with Crippen LogP contribution in [0.3, 0.4) is 0 Å². The molecule has 0 amide bonds. The largest absolute Gasteiger partial charge is 0.496 e. The lowest BCUT2D eigenvalue weighted by Gasteiger charge is -2.06. The Balaban J connectivity index is 3.37. The first-order chi connectivity index (χ1) is 6.97. The first kappa shape index (κ1) is 12.0. The average molecular weight is 330 g/mol. The van der Waals surface area contributed by atoms with Gasteiger partial charge in [-0.2, -0.15) is 0 Å². The Morgan fingerprint density at radius 1 is 1.67 bits per heavy atom. The van der Waals surface area contributed by atoms with Crippen LogP contribution in [0.25, 0.3) is 0 Å². The van der Waals surface area contributed by atoms with Gasteiger partial charge in [0.25, 0.3) is 6.43 Å². The maximum atomic E-state index is 12.5. The number of pyridine rings is 1. The van der Waals surface area contributed by atoms with Gasteiger partial charge in [0.05, 0.1) is 13.2 Å². The Kier molecular flexibility index (Phi) is 3.72. The van der Waals surface area contributed by atoms with Gasteiger partial charge in [-0.25, -0.2) is 8.78 Å². The highest BCUT2D eigenvalue weighted by atomic mass is 127. The number of halogens is 3. The van der Waals surface area contributed by atoms with Crippen molar-refractivity contribution in [1.82, 2.24) is 4.98 Å². The number of ether oxygens (including phenoxy) is 1. The first-order valence-corrected chi connectivity index (χ1v) is 4.72. The van der Waals surface area contributed by atoms with Gasteiger partial charge in [0.2, 0.25) is 3.70 Å². The van der Waals surface area contributed by atoms with Crippen molar-refractivity contribution >= 4 is 28.4 Å². The van der Waals surface area contributed by atoms with Crippen LogP contribution in [-0.2, 0) is 0 Å². The molecule has 8 heteroatoms. The summed E-state index contributed by atoms with van der Waals surface area (Å²) in [6, 6.07) is 0.879. The molecule has 1 aromatic heterocycles. The highest BCUT2D eigenvalue weighted by Crippen LogP contribution is 2.34. The van der Waals surface area contributed by atoms with Crippen LogP contribution in [0.5, 0.6) is 5.75 Å². The molecule has 0 N–H and O–H groups in total. The molecule has 1 heterocycles. The summed E-state index contributed by atoms with van der Waals surface area (Å²) >= 11 is 1.51. The van der Waals surface area contributed by atoms with Crippen LogP contribution in [0, 0.1) is 13.8 Å². The van der Waals surface area contributed by atoms with E-state index >= 15 is 0 Å². The van der Waals surface area contributed by atoms with Crippen LogP contribution >= 0.6 is 22.6 Å². The standard InChI is InChI=1S/C7H5F2IN2O3/c1-15-3-2-4(12(13)14)11-7(10)5(3)6(8)9/h2,6H,1H3. The fourth-order valence-electron chi connectivity index (χ4n) is 0.950. The molecule has 0 radical (unpaired) electrons. The zero-order chi connectivity index (χ0) is 11.6. The summed E-state index contributed by atoms with van der Waals surface area (Å²) in [7, 11) is 1.17. The van der Waals surface area contributed by atoms with E-state index in [1.165, 1.54) is 29.7 Å². The van der Waals surface area contributed by atoms with Gasteiger partial charge in [0.1, 0.15) is 11.3 Å². The maximum Gasteiger partial charge on any atom is 0.368 e. The molecule has 1 aromatic rings. The monoisotopic (exact) mass is 330 g/mol. The Morgan fingerprint density at radius 3 is 2.67 bits per heavy atom. The zero-order valence-corrected chi connectivity index (χ0v) is 9.57. The summed E-state index contributed by atoms with van der Waals surface area (Å²) in [4.78, 5) is 13.1. The third kappa shape index (κ3) is 2.49. The third-order valence-electron chi connectivity index (χ3n) is 1.59. The van der Waals surface area contributed by atoms with Crippen molar-refractivity contribution in [2.24, 2.45) is 0 Å². The number of nitrogens with zero attached hydrogens (tertiary/aromatic N) is 2. The van der Waals surface area contributed by atoms with Crippen molar-refractivity contribution in [3.63, 3.8) is 0 Å². The fourth-order valence-corrected chi connectivity index (χ4v) is 1.70. The normalized spacial score (nSPS) is 10.5. The van der Waals surface area contributed by atoms with E-state index in [0.29, 0.717) is 0 Å². The molecule has 0 atom stereocenters. The molecule has 0 aliphatic carbocycles. The molecule has 0 saturated carbocycles. The van der Waals surface area contributed by atoms with Gasteiger partial charge in [0, 0.05) is 22.6 Å². The van der Waals surface area contributed by atoms with Crippen LogP contribution in [0.15, 0.2) is 6.07 Å². The number of hydrogen-bond acceptors (Lipinski definition) is 4. The molecule has 0 unspecified atom stereocenters. The highest BCUT2D eigenvalue weighted by molar-refractivity contribution is 14.1. The maximum absolute atomic E-state index is 12.5. The molecule has 0 saturated heterocycles. The summed E-state index contributed by atoms with van der Waals surface area (Å²) in [6.45, 7) is 0. The Bertz CT molecular complexity index is 400. The van der Waals surface area contributed by atoms with Gasteiger partial charge in [0.15, 0.2) is 0 Å². The molecule has 82 valence electrons. The predicted molar refractivity (Wildman–Crippen MR) is 55.1 cm³/mol. The summed E-state index contributed by atoms with van der Waals surface area (Å²) in [6.07, 6.45) is -2.78. The zero-order valence-electron chi connectivity index (χ0n) is 7.41. The number of hydrogen-bond donors (Lipinski definition) is 0. The molecule has 0 aromatic carbocycles. The molecular formula is C7H5F2IN2O3. The van der Waals surface area contributed by atoms with E-state index in [0.717, 1.165) is 6.07 Å². The minimum absolute atomic E-state index is 0.131. The van der Waals surface area contributed by atoms with Crippen LogP contribution in [0.4, 0.5) is 14.6 Å². The SMILES string of the molecule is COc1cc([N+](=O)[O-])nc(I)c1C(F)F. The number of nitro groups is 1. The Morgan fingerprint density at radius 2 is 2.27 bits per heavy atom. The lowest BCUT2D eigenvalue weighted by atomic mass is 10.2. The molecule has 15 heavy (non-hydrogen) atoms. The van der Waals surface area contributed by atoms with E-state index in [9.17, 15) is 18.9 Å². The topological polar surface area (TPSA) is 65.3 Å². The van der Waals surface area contributed by atoms with Crippen LogP contribution in [0.2, 0.25) is 0 Å². The first-order valence-electron chi connectivity index (χ1n) is 3.64. The van der Waals surface area contributed by atoms with Gasteiger partial charge in [-0.05, 0) is 9.91 Å². The molecule has 1 rings (SSSR count). The van der Waals surface area contributed by atoms with E-state index in [1.54, 1.807) is 0 Å². The minimum Gasteiger partial charge on any atom is -0.496 e. The lowest BCUT2D eigenvalue weighted by Crippen LogP contribution is -2.02. The molecular weight excluding hydrogens is 325 g/mol. The number of aromatic nitrogens is 1. The fraction of sp³-hybridized carbons (Fsp3) is 0.286. The van der Waals surface area contributed by atoms with E-state index in [2.05, 4.69) is 9.72 Å². The summed E-state index contributed by atoms with van der Waals surface area (Å²) < 4.78 is 29.5. The smallest absolute Gasteiger partial charge is 0.368 e. The Labute approximate surface area is 96.7 Å². The van der Waals surface area contributed by atoms with Crippen molar-refractivity contribution in [2.45, 2.75) is 6.43 Å². The second-order valence-electron chi connectivity index (χ2n) is 2.45. The van der Waals surface area contributed by atoms with Crippen LogP contribution in [-0.4, -0.2) is 17.0 Å². The van der Waals surface area contributed by atoms with Crippen LogP contribution < -0.4 is 4.74 Å². The molecule has 0 fully saturated rings. The average Bonchev–Trinajstić information content (AvgIpc) is 2.15. The third-order valence-corrected chi connectivity index (χ3v) is 2.41. The van der Waals surface area contributed by atoms with Crippen LogP contribution in [0.1, 0.15) is 12.0 Å². The summed E-state index contributed by atoms with van der Waals surface area (Å²) in [5.74, 6) is -0.739. The predicted octanol–water partition coefficient (Wildman–Crippen LogP) is 2.54. The molecule has 0 bridgehead atoms. The van der Waals surface area contributed by atoms with Crippen molar-refractivity contribution < 1.29 is 18.4 Å². The lowest BCUT2D eigenvalue weighted by molar-refractivity contribution is -0.389. The number of alkyl halides is 2. The van der Waals surface area contributed by atoms with E-state index in [4.69, 9.17) is 0 Å². The molecule has 0 spiro atoms. The minimum atomic E-state index is -2.78. The van der Waals surface area contributed by atoms with Gasteiger partial charge in [-0.15, -0.1) is 0 Å². The highest BCUT2D eigenvalue weighted by Gasteiger charge is 2.25. The van der Waals surface area contributed by atoms with Gasteiger partial charge >= 0.3 is 5.82 Å². The van der Waals surface area contributed by atoms with Crippen molar-refractivity contribution in [3.8, 4) is 5.75 Å². The van der Waals surface area contributed by atoms with Gasteiger partial charge in [-0.1, -0.05) is 0 Å². The molecule has 5 nitrogen and oxygen atoms in total. The molecule has 0 aliphatic rings. The van der Waals surface area contributed by atoms with Crippen molar-refractivity contribution in [1.29, 1.82) is 0 Å². The second-order valence-corrected chi connectivity index (χ2v) is 3.47. The Hall–Kier alpha value is -1.06. The molecule has 0 aliphatic heterocycles. The van der Waals surface area contributed by atoms with Crippen molar-refractivity contribution in [2.75, 3.05) is 7.11 Å². The number of rotatable bonds is 3. The van der Waals surface area contributed by atoms with Crippen molar-refractivity contribution in [3.05, 3.63) is 25.4 Å². The van der Waals surface area contributed by atoms with E-state index in [-0.39, 0.29) is 9.45 Å². The second kappa shape index (κ2) is 4.64. The van der Waals surface area contributed by atoms with Gasteiger partial charge < -0.3 is 14.9 Å². The number of methoxy groups -OCH3 is 1. The van der Waals surface area contributed by atoms with E-state index < -0.39 is 22.7 Å². The summed E-state index contributed by atoms with van der Waals surface area (Å²) in [5.41, 5.74) is -0.427. The summed E-state index contributed by atoms with van der Waals surface area (Å²) in [5, 5.41) is 10.4. The quantitative estimate of drug-likeness (QED) is 0.370. The van der Waals surface area contributed by atoms with Gasteiger partial charge in [-0.3, -0.25) is 0 Å². The van der Waals surface area contributed by atoms with E-state index in [1.807, 2.05) is 0 Å².